The summed E-state index contributed by atoms with van der Waals surface area (Å²) in [7, 11) is 2.39. The lowest BCUT2D eigenvalue weighted by molar-refractivity contribution is -0.398. The van der Waals surface area contributed by atoms with Crippen LogP contribution >= 0.6 is 0 Å². The summed E-state index contributed by atoms with van der Waals surface area (Å²) >= 11 is 0. The molecule has 0 aromatic carbocycles. The maximum absolute atomic E-state index is 12.5. The molecule has 9 N–H and O–H groups in total. The second-order valence-corrected chi connectivity index (χ2v) is 12.4. The van der Waals surface area contributed by atoms with Crippen LogP contribution in [0.2, 0.25) is 0 Å². The largest absolute Gasteiger partial charge is 0.479 e. The third-order valence-corrected chi connectivity index (χ3v) is 8.62. The molecular formula is C29H46N2O21. The second-order valence-electron chi connectivity index (χ2n) is 12.4. The molecule has 17 atom stereocenters. The SMILES string of the molecule is COC1OC(O)C(OC2CC(CO)OC(OC3C(C(=O)O)OC(OC4CC(CO)OC(OC)C4NC(C)=O)C(O)C3O)C2NC(C)=O)OC1C(=O)O. The number of carbonyl (C=O) groups is 4. The monoisotopic (exact) mass is 758 g/mol. The van der Waals surface area contributed by atoms with Crippen molar-refractivity contribution in [1.29, 1.82) is 0 Å². The molecule has 4 heterocycles. The Morgan fingerprint density at radius 1 is 0.615 bits per heavy atom. The van der Waals surface area contributed by atoms with Gasteiger partial charge >= 0.3 is 11.9 Å². The van der Waals surface area contributed by atoms with Gasteiger partial charge in [0, 0.05) is 40.9 Å². The van der Waals surface area contributed by atoms with Crippen LogP contribution in [0.4, 0.5) is 0 Å². The fourth-order valence-electron chi connectivity index (χ4n) is 6.25. The number of carboxylic acid groups (broad SMARTS) is 2. The molecule has 4 rings (SSSR count). The molecule has 4 saturated heterocycles. The zero-order valence-electron chi connectivity index (χ0n) is 28.5. The Kier molecular flexibility index (Phi) is 15.0. The van der Waals surface area contributed by atoms with Gasteiger partial charge in [0.1, 0.15) is 30.4 Å². The van der Waals surface area contributed by atoms with Crippen molar-refractivity contribution < 1.29 is 102 Å². The van der Waals surface area contributed by atoms with Crippen molar-refractivity contribution in [2.45, 2.75) is 131 Å². The first-order valence-corrected chi connectivity index (χ1v) is 16.2. The van der Waals surface area contributed by atoms with Crippen LogP contribution in [0.15, 0.2) is 0 Å². The normalized spacial score (nSPS) is 42.6. The van der Waals surface area contributed by atoms with Gasteiger partial charge in [0.15, 0.2) is 31.3 Å². The summed E-state index contributed by atoms with van der Waals surface area (Å²) in [6.45, 7) is 1.15. The van der Waals surface area contributed by atoms with E-state index < -0.39 is 142 Å². The Balaban J connectivity index is 1.57. The van der Waals surface area contributed by atoms with E-state index in [0.29, 0.717) is 0 Å². The van der Waals surface area contributed by atoms with Crippen LogP contribution in [0, 0.1) is 0 Å². The molecule has 0 bridgehead atoms. The van der Waals surface area contributed by atoms with E-state index in [1.165, 1.54) is 14.0 Å². The molecule has 0 radical (unpaired) electrons. The second kappa shape index (κ2) is 18.5. The van der Waals surface area contributed by atoms with E-state index in [9.17, 15) is 54.9 Å². The number of carboxylic acids is 2. The van der Waals surface area contributed by atoms with Crippen molar-refractivity contribution >= 4 is 23.8 Å². The molecule has 4 fully saturated rings. The van der Waals surface area contributed by atoms with Gasteiger partial charge < -0.3 is 93.7 Å². The Morgan fingerprint density at radius 2 is 1.10 bits per heavy atom. The lowest BCUT2D eigenvalue weighted by Gasteiger charge is -2.48. The van der Waals surface area contributed by atoms with Gasteiger partial charge in [-0.3, -0.25) is 9.59 Å². The zero-order chi connectivity index (χ0) is 38.4. The third kappa shape index (κ3) is 9.87. The quantitative estimate of drug-likeness (QED) is 0.0798. The van der Waals surface area contributed by atoms with Crippen molar-refractivity contribution in [3.8, 4) is 0 Å². The molecular weight excluding hydrogens is 712 g/mol. The number of rotatable bonds is 14. The van der Waals surface area contributed by atoms with Gasteiger partial charge in [0.2, 0.25) is 30.5 Å². The number of methoxy groups -OCH3 is 2. The summed E-state index contributed by atoms with van der Waals surface area (Å²) in [5.41, 5.74) is 0. The maximum Gasteiger partial charge on any atom is 0.338 e. The van der Waals surface area contributed by atoms with Crippen LogP contribution in [0.25, 0.3) is 0 Å². The molecule has 2 amide bonds. The Hall–Kier alpha value is -2.72. The number of ether oxygens (including phenoxy) is 10. The average Bonchev–Trinajstić information content (AvgIpc) is 3.09. The van der Waals surface area contributed by atoms with Crippen LogP contribution in [0.5, 0.6) is 0 Å². The fourth-order valence-corrected chi connectivity index (χ4v) is 6.25. The van der Waals surface area contributed by atoms with E-state index >= 15 is 0 Å². The first-order valence-electron chi connectivity index (χ1n) is 16.2. The van der Waals surface area contributed by atoms with E-state index in [4.69, 9.17) is 47.4 Å². The van der Waals surface area contributed by atoms with E-state index in [1.54, 1.807) is 0 Å². The van der Waals surface area contributed by atoms with E-state index in [-0.39, 0.29) is 12.8 Å². The number of carbonyl (C=O) groups excluding carboxylic acids is 2. The molecule has 52 heavy (non-hydrogen) atoms. The number of aliphatic carboxylic acids is 2. The highest BCUT2D eigenvalue weighted by atomic mass is 16.8. The summed E-state index contributed by atoms with van der Waals surface area (Å²) in [4.78, 5) is 48.5. The van der Waals surface area contributed by atoms with E-state index in [2.05, 4.69) is 10.6 Å². The van der Waals surface area contributed by atoms with Gasteiger partial charge in [-0.2, -0.15) is 0 Å². The number of aliphatic hydroxyl groups excluding tert-OH is 5. The number of amides is 2. The predicted octanol–water partition coefficient (Wildman–Crippen LogP) is -5.34. The molecule has 0 aromatic rings. The zero-order valence-corrected chi connectivity index (χ0v) is 28.5. The van der Waals surface area contributed by atoms with Crippen molar-refractivity contribution in [3.63, 3.8) is 0 Å². The average molecular weight is 759 g/mol. The van der Waals surface area contributed by atoms with Crippen LogP contribution in [-0.4, -0.2) is 192 Å². The van der Waals surface area contributed by atoms with E-state index in [0.717, 1.165) is 14.0 Å². The Bertz CT molecular complexity index is 1230. The molecule has 0 saturated carbocycles. The van der Waals surface area contributed by atoms with Crippen LogP contribution in [-0.2, 0) is 66.5 Å². The summed E-state index contributed by atoms with van der Waals surface area (Å²) in [5, 5.41) is 77.4. The first-order chi connectivity index (χ1) is 24.6. The van der Waals surface area contributed by atoms with Crippen molar-refractivity contribution in [3.05, 3.63) is 0 Å². The minimum absolute atomic E-state index is 0.0797. The number of hydrogen-bond acceptors (Lipinski definition) is 19. The van der Waals surface area contributed by atoms with Gasteiger partial charge in [-0.1, -0.05) is 0 Å². The van der Waals surface area contributed by atoms with Crippen molar-refractivity contribution in [2.24, 2.45) is 0 Å². The smallest absolute Gasteiger partial charge is 0.338 e. The first kappa shape index (κ1) is 42.0. The van der Waals surface area contributed by atoms with Gasteiger partial charge in [0.25, 0.3) is 0 Å². The third-order valence-electron chi connectivity index (χ3n) is 8.62. The fraction of sp³-hybridized carbons (Fsp3) is 0.862. The molecule has 0 aromatic heterocycles. The summed E-state index contributed by atoms with van der Waals surface area (Å²) < 4.78 is 55.3. The molecule has 23 heteroatoms. The molecule has 17 unspecified atom stereocenters. The highest BCUT2D eigenvalue weighted by molar-refractivity contribution is 5.74. The maximum atomic E-state index is 12.5. The molecule has 0 spiro atoms. The number of hydrogen-bond donors (Lipinski definition) is 9. The predicted molar refractivity (Wildman–Crippen MR) is 160 cm³/mol. The summed E-state index contributed by atoms with van der Waals surface area (Å²) in [6, 6.07) is -2.44. The summed E-state index contributed by atoms with van der Waals surface area (Å²) in [5.74, 6) is -4.42. The minimum atomic E-state index is -2.08. The molecule has 4 aliphatic heterocycles. The van der Waals surface area contributed by atoms with Gasteiger partial charge in [-0.15, -0.1) is 0 Å². The Labute approximate surface area is 295 Å². The van der Waals surface area contributed by atoms with Gasteiger partial charge in [-0.25, -0.2) is 9.59 Å². The molecule has 4 aliphatic rings. The molecule has 298 valence electrons. The van der Waals surface area contributed by atoms with Gasteiger partial charge in [-0.05, 0) is 0 Å². The molecule has 0 aliphatic carbocycles. The lowest BCUT2D eigenvalue weighted by atomic mass is 9.96. The minimum Gasteiger partial charge on any atom is -0.479 e. The van der Waals surface area contributed by atoms with Crippen molar-refractivity contribution in [2.75, 3.05) is 27.4 Å². The van der Waals surface area contributed by atoms with Gasteiger partial charge in [0.05, 0.1) is 37.6 Å². The highest BCUT2D eigenvalue weighted by Crippen LogP contribution is 2.34. The van der Waals surface area contributed by atoms with Crippen LogP contribution in [0.1, 0.15) is 26.7 Å². The van der Waals surface area contributed by atoms with E-state index in [1.807, 2.05) is 0 Å². The lowest BCUT2D eigenvalue weighted by Crippen LogP contribution is -2.67. The van der Waals surface area contributed by atoms with Crippen molar-refractivity contribution in [1.82, 2.24) is 10.6 Å². The van der Waals surface area contributed by atoms with Crippen LogP contribution < -0.4 is 10.6 Å². The number of nitrogens with one attached hydrogen (secondary N) is 2. The summed E-state index contributed by atoms with van der Waals surface area (Å²) in [6.07, 6.45) is -24.5. The van der Waals surface area contributed by atoms with Crippen LogP contribution in [0.3, 0.4) is 0 Å². The standard InChI is InChI=1S/C29H46N2O21/c1-9(34)30-15-13(5-11(7-32)45-25(15)43-3)47-27-18(37)17(36)19(20(50-27)22(38)39)49-26-16(31-10(2)35)14(6-12(8-33)46-26)48-29-24(42)52-28(44-4)21(51-29)23(40)41/h11-21,24-29,32-33,36-37,42H,5-8H2,1-4H3,(H,30,34)(H,31,35)(H,38,39)(H,40,41). The molecule has 23 nitrogen and oxygen atoms in total. The highest BCUT2D eigenvalue weighted by Gasteiger charge is 2.54. The Morgan fingerprint density at radius 3 is 1.58 bits per heavy atom. The number of aliphatic hydroxyl groups is 5. The topological polar surface area (TPSA) is 326 Å².